The Labute approximate surface area is 157 Å². The summed E-state index contributed by atoms with van der Waals surface area (Å²) in [6.45, 7) is 5.56. The van der Waals surface area contributed by atoms with Gasteiger partial charge in [-0.15, -0.1) is 0 Å². The highest BCUT2D eigenvalue weighted by atomic mass is 16.4. The lowest BCUT2D eigenvalue weighted by molar-refractivity contribution is -0.169. The van der Waals surface area contributed by atoms with Crippen LogP contribution in [0.25, 0.3) is 0 Å². The number of rotatable bonds is 3. The Morgan fingerprint density at radius 1 is 1.07 bits per heavy atom. The van der Waals surface area contributed by atoms with Crippen LogP contribution in [0, 0.1) is 40.4 Å². The molecular weight excluding hydrogens is 352 g/mol. The number of carboxylic acids is 3. The highest BCUT2D eigenvalue weighted by Gasteiger charge is 2.75. The molecule has 7 heteroatoms. The van der Waals surface area contributed by atoms with Crippen LogP contribution in [0.4, 0.5) is 0 Å². The molecule has 4 rings (SSSR count). The second kappa shape index (κ2) is 5.34. The molecule has 4 N–H and O–H groups in total. The van der Waals surface area contributed by atoms with Crippen LogP contribution in [0.15, 0.2) is 12.2 Å². The lowest BCUT2D eigenvalue weighted by atomic mass is 9.56. The van der Waals surface area contributed by atoms with E-state index in [1.807, 2.05) is 0 Å². The average molecular weight is 378 g/mol. The van der Waals surface area contributed by atoms with Crippen molar-refractivity contribution in [3.63, 3.8) is 0 Å². The van der Waals surface area contributed by atoms with Crippen molar-refractivity contribution in [2.75, 3.05) is 0 Å². The Balaban J connectivity index is 1.93. The van der Waals surface area contributed by atoms with E-state index >= 15 is 0 Å². The molecule has 0 aromatic heterocycles. The third-order valence-corrected chi connectivity index (χ3v) is 8.53. The summed E-state index contributed by atoms with van der Waals surface area (Å²) in [5.41, 5.74) is -2.59. The molecule has 4 saturated carbocycles. The minimum atomic E-state index is -1.28. The summed E-state index contributed by atoms with van der Waals surface area (Å²) in [7, 11) is 0. The van der Waals surface area contributed by atoms with Gasteiger partial charge in [-0.05, 0) is 74.2 Å². The molecule has 0 amide bonds. The van der Waals surface area contributed by atoms with Gasteiger partial charge in [-0.3, -0.25) is 14.4 Å². The molecule has 8 atom stereocenters. The van der Waals surface area contributed by atoms with E-state index in [0.717, 1.165) is 0 Å². The van der Waals surface area contributed by atoms with E-state index in [1.165, 1.54) is 0 Å². The van der Waals surface area contributed by atoms with Crippen molar-refractivity contribution in [2.24, 2.45) is 40.4 Å². The molecule has 7 nitrogen and oxygen atoms in total. The zero-order chi connectivity index (χ0) is 19.9. The van der Waals surface area contributed by atoms with Crippen LogP contribution < -0.4 is 0 Å². The van der Waals surface area contributed by atoms with E-state index in [2.05, 4.69) is 6.58 Å². The number of aliphatic carboxylic acids is 3. The summed E-state index contributed by atoms with van der Waals surface area (Å²) in [6, 6.07) is 0. The molecule has 4 aliphatic rings. The number of hydrogen-bond donors (Lipinski definition) is 4. The number of carboxylic acid groups (broad SMARTS) is 3. The van der Waals surface area contributed by atoms with E-state index < -0.39 is 58.0 Å². The number of fused-ring (bicyclic) bond motifs is 3. The van der Waals surface area contributed by atoms with Crippen molar-refractivity contribution >= 4 is 17.9 Å². The van der Waals surface area contributed by atoms with Crippen molar-refractivity contribution in [2.45, 2.75) is 51.0 Å². The molecule has 0 aliphatic heterocycles. The maximum absolute atomic E-state index is 12.4. The predicted octanol–water partition coefficient (Wildman–Crippen LogP) is 2.00. The van der Waals surface area contributed by atoms with Crippen LogP contribution in [-0.4, -0.2) is 43.9 Å². The molecule has 0 aromatic carbocycles. The minimum absolute atomic E-state index is 0.151. The van der Waals surface area contributed by atoms with E-state index in [0.29, 0.717) is 24.8 Å². The number of aliphatic hydroxyl groups is 1. The number of hydrogen-bond acceptors (Lipinski definition) is 4. The highest BCUT2D eigenvalue weighted by molar-refractivity contribution is 5.81. The Morgan fingerprint density at radius 3 is 2.30 bits per heavy atom. The summed E-state index contributed by atoms with van der Waals surface area (Å²) < 4.78 is 0. The first kappa shape index (κ1) is 18.5. The van der Waals surface area contributed by atoms with E-state index in [-0.39, 0.29) is 25.2 Å². The zero-order valence-corrected chi connectivity index (χ0v) is 15.4. The van der Waals surface area contributed by atoms with Gasteiger partial charge in [0, 0.05) is 0 Å². The fourth-order valence-electron chi connectivity index (χ4n) is 7.43. The molecule has 0 radical (unpaired) electrons. The molecule has 0 unspecified atom stereocenters. The molecule has 27 heavy (non-hydrogen) atoms. The average Bonchev–Trinajstić information content (AvgIpc) is 2.95. The van der Waals surface area contributed by atoms with Crippen molar-refractivity contribution in [3.05, 3.63) is 12.2 Å². The maximum atomic E-state index is 12.4. The molecule has 2 bridgehead atoms. The standard InChI is InChI=1S/C20H26O7/c1-9-7-19-8-20(9,27)6-4-11(19)12-10(15(21)22)3-5-18(2,17(25)26)13(12)14(19)16(23)24/h10-14,27H,1,3-8H2,2H3,(H,21,22)(H,23,24)(H,25,26)/t10-,11-,12-,13+,14+,18+,19-,20-/m0/s1. The lowest BCUT2D eigenvalue weighted by Crippen LogP contribution is -2.50. The first-order valence-corrected chi connectivity index (χ1v) is 9.57. The number of carbonyl (C=O) groups is 3. The SMILES string of the molecule is C=C1C[C@]23C[C@@]1(O)CC[C@H]2[C@H]1[C@H]([C@@H]3C(=O)O)[C@](C)(C(=O)O)CC[C@@H]1C(=O)O. The third-order valence-electron chi connectivity index (χ3n) is 8.53. The minimum Gasteiger partial charge on any atom is -0.481 e. The summed E-state index contributed by atoms with van der Waals surface area (Å²) in [5, 5.41) is 40.9. The van der Waals surface area contributed by atoms with Crippen molar-refractivity contribution in [3.8, 4) is 0 Å². The van der Waals surface area contributed by atoms with Gasteiger partial charge in [0.1, 0.15) is 0 Å². The van der Waals surface area contributed by atoms with Gasteiger partial charge in [-0.2, -0.15) is 0 Å². The molecule has 0 heterocycles. The summed E-state index contributed by atoms with van der Waals surface area (Å²) in [5.74, 6) is -6.33. The second-order valence-corrected chi connectivity index (χ2v) is 9.49. The van der Waals surface area contributed by atoms with Crippen molar-refractivity contribution in [1.29, 1.82) is 0 Å². The van der Waals surface area contributed by atoms with Crippen LogP contribution >= 0.6 is 0 Å². The van der Waals surface area contributed by atoms with Crippen molar-refractivity contribution in [1.82, 2.24) is 0 Å². The highest BCUT2D eigenvalue weighted by Crippen LogP contribution is 2.74. The molecule has 4 aliphatic carbocycles. The predicted molar refractivity (Wildman–Crippen MR) is 92.7 cm³/mol. The van der Waals surface area contributed by atoms with Gasteiger partial charge < -0.3 is 20.4 Å². The molecule has 0 saturated heterocycles. The van der Waals surface area contributed by atoms with Gasteiger partial charge in [-0.1, -0.05) is 6.58 Å². The lowest BCUT2D eigenvalue weighted by Gasteiger charge is -2.45. The molecule has 4 fully saturated rings. The molecule has 148 valence electrons. The van der Waals surface area contributed by atoms with Crippen LogP contribution in [-0.2, 0) is 14.4 Å². The molecular formula is C20H26O7. The summed E-state index contributed by atoms with van der Waals surface area (Å²) in [4.78, 5) is 36.6. The fourth-order valence-corrected chi connectivity index (χ4v) is 7.43. The second-order valence-electron chi connectivity index (χ2n) is 9.49. The van der Waals surface area contributed by atoms with E-state index in [4.69, 9.17) is 0 Å². The Bertz CT molecular complexity index is 759. The van der Waals surface area contributed by atoms with E-state index in [9.17, 15) is 34.8 Å². The first-order chi connectivity index (χ1) is 12.5. The Hall–Kier alpha value is -1.89. The van der Waals surface area contributed by atoms with Gasteiger partial charge in [-0.25, -0.2) is 0 Å². The van der Waals surface area contributed by atoms with Crippen LogP contribution in [0.1, 0.15) is 45.4 Å². The van der Waals surface area contributed by atoms with Crippen LogP contribution in [0.5, 0.6) is 0 Å². The Morgan fingerprint density at radius 2 is 1.74 bits per heavy atom. The molecule has 0 aromatic rings. The monoisotopic (exact) mass is 378 g/mol. The van der Waals surface area contributed by atoms with Gasteiger partial charge in [0.15, 0.2) is 0 Å². The normalized spacial score (nSPS) is 50.7. The molecule has 1 spiro atoms. The van der Waals surface area contributed by atoms with Crippen molar-refractivity contribution < 1.29 is 34.8 Å². The van der Waals surface area contributed by atoms with Gasteiger partial charge >= 0.3 is 17.9 Å². The summed E-state index contributed by atoms with van der Waals surface area (Å²) in [6.07, 6.45) is 1.92. The maximum Gasteiger partial charge on any atom is 0.309 e. The topological polar surface area (TPSA) is 132 Å². The Kier molecular flexibility index (Phi) is 3.65. The van der Waals surface area contributed by atoms with Gasteiger partial charge in [0.05, 0.1) is 22.9 Å². The zero-order valence-electron chi connectivity index (χ0n) is 15.4. The first-order valence-electron chi connectivity index (χ1n) is 9.57. The fraction of sp³-hybridized carbons (Fsp3) is 0.750. The van der Waals surface area contributed by atoms with Crippen LogP contribution in [0.3, 0.4) is 0 Å². The van der Waals surface area contributed by atoms with Gasteiger partial charge in [0.25, 0.3) is 0 Å². The van der Waals surface area contributed by atoms with E-state index in [1.54, 1.807) is 6.92 Å². The smallest absolute Gasteiger partial charge is 0.309 e. The third kappa shape index (κ3) is 2.09. The van der Waals surface area contributed by atoms with Gasteiger partial charge in [0.2, 0.25) is 0 Å². The summed E-state index contributed by atoms with van der Waals surface area (Å²) >= 11 is 0. The largest absolute Gasteiger partial charge is 0.481 e. The quantitative estimate of drug-likeness (QED) is 0.552. The van der Waals surface area contributed by atoms with Crippen LogP contribution in [0.2, 0.25) is 0 Å².